The van der Waals surface area contributed by atoms with Crippen LogP contribution < -0.4 is 10.6 Å². The van der Waals surface area contributed by atoms with Crippen molar-refractivity contribution in [2.75, 3.05) is 13.2 Å². The molecule has 0 aliphatic rings. The zero-order chi connectivity index (χ0) is 21.3. The molecule has 3 aromatic carbocycles. The fourth-order valence-corrected chi connectivity index (χ4v) is 3.16. The molecule has 3 aromatic rings. The van der Waals surface area contributed by atoms with E-state index in [-0.39, 0.29) is 24.9 Å². The van der Waals surface area contributed by atoms with Gasteiger partial charge in [-0.15, -0.1) is 0 Å². The molecular weight excluding hydrogens is 380 g/mol. The van der Waals surface area contributed by atoms with Crippen molar-refractivity contribution >= 4 is 28.6 Å². The highest BCUT2D eigenvalue weighted by Gasteiger charge is 2.13. The molecule has 0 unspecified atom stereocenters. The van der Waals surface area contributed by atoms with Crippen molar-refractivity contribution in [1.29, 1.82) is 0 Å². The Bertz CT molecular complexity index is 1030. The molecule has 0 aliphatic carbocycles. The number of rotatable bonds is 8. The Labute approximate surface area is 175 Å². The van der Waals surface area contributed by atoms with Crippen LogP contribution in [0.1, 0.15) is 24.1 Å². The number of benzene rings is 3. The fraction of sp³-hybridized carbons (Fsp3) is 0.208. The van der Waals surface area contributed by atoms with Crippen molar-refractivity contribution < 1.29 is 19.1 Å². The minimum absolute atomic E-state index is 0.156. The van der Waals surface area contributed by atoms with Gasteiger partial charge in [-0.25, -0.2) is 0 Å². The molecule has 1 atom stereocenters. The Balaban J connectivity index is 1.41. The Morgan fingerprint density at radius 2 is 1.57 bits per heavy atom. The Kier molecular flexibility index (Phi) is 7.16. The van der Waals surface area contributed by atoms with Crippen LogP contribution in [0, 0.1) is 0 Å². The normalized spacial score (nSPS) is 11.5. The van der Waals surface area contributed by atoms with E-state index in [4.69, 9.17) is 4.74 Å². The van der Waals surface area contributed by atoms with Gasteiger partial charge in [-0.05, 0) is 28.8 Å². The second-order valence-electron chi connectivity index (χ2n) is 6.95. The van der Waals surface area contributed by atoms with Crippen LogP contribution >= 0.6 is 0 Å². The molecule has 0 fully saturated rings. The molecule has 0 heterocycles. The lowest BCUT2D eigenvalue weighted by atomic mass is 10.0. The number of esters is 1. The first kappa shape index (κ1) is 21.0. The third-order valence-corrected chi connectivity index (χ3v) is 4.70. The minimum atomic E-state index is -0.663. The highest BCUT2D eigenvalue weighted by atomic mass is 16.5. The van der Waals surface area contributed by atoms with E-state index in [1.807, 2.05) is 79.7 Å². The first-order valence-electron chi connectivity index (χ1n) is 9.76. The van der Waals surface area contributed by atoms with Gasteiger partial charge in [0.1, 0.15) is 6.54 Å². The topological polar surface area (TPSA) is 84.5 Å². The maximum absolute atomic E-state index is 12.2. The number of carbonyl (C=O) groups is 3. The van der Waals surface area contributed by atoms with Gasteiger partial charge in [0.05, 0.1) is 12.5 Å². The lowest BCUT2D eigenvalue weighted by molar-refractivity contribution is -0.148. The first-order valence-corrected chi connectivity index (χ1v) is 9.76. The number of nitrogens with one attached hydrogen (secondary N) is 2. The molecule has 3 rings (SSSR count). The number of amides is 2. The van der Waals surface area contributed by atoms with Crippen molar-refractivity contribution in [2.24, 2.45) is 0 Å². The highest BCUT2D eigenvalue weighted by Crippen LogP contribution is 2.18. The zero-order valence-electron chi connectivity index (χ0n) is 16.8. The molecule has 0 spiro atoms. The maximum atomic E-state index is 12.2. The van der Waals surface area contributed by atoms with Crippen LogP contribution in [-0.2, 0) is 25.5 Å². The molecule has 0 aromatic heterocycles. The van der Waals surface area contributed by atoms with Crippen molar-refractivity contribution in [3.05, 3.63) is 83.9 Å². The Morgan fingerprint density at radius 3 is 2.37 bits per heavy atom. The van der Waals surface area contributed by atoms with Crippen LogP contribution in [0.25, 0.3) is 10.8 Å². The summed E-state index contributed by atoms with van der Waals surface area (Å²) in [6.07, 6.45) is 0.156. The summed E-state index contributed by atoms with van der Waals surface area (Å²) in [5.74, 6) is -1.35. The lowest BCUT2D eigenvalue weighted by Crippen LogP contribution is -2.35. The van der Waals surface area contributed by atoms with Crippen molar-refractivity contribution in [3.8, 4) is 0 Å². The molecule has 6 heteroatoms. The quantitative estimate of drug-likeness (QED) is 0.566. The van der Waals surface area contributed by atoms with E-state index in [1.54, 1.807) is 0 Å². The summed E-state index contributed by atoms with van der Waals surface area (Å²) < 4.78 is 4.95. The fourth-order valence-electron chi connectivity index (χ4n) is 3.16. The van der Waals surface area contributed by atoms with Gasteiger partial charge in [-0.3, -0.25) is 14.4 Å². The van der Waals surface area contributed by atoms with E-state index in [1.165, 1.54) is 0 Å². The van der Waals surface area contributed by atoms with Crippen LogP contribution in [-0.4, -0.2) is 30.9 Å². The van der Waals surface area contributed by atoms with E-state index < -0.39 is 18.5 Å². The number of carbonyl (C=O) groups excluding carboxylic acids is 3. The predicted octanol–water partition coefficient (Wildman–Crippen LogP) is 2.92. The monoisotopic (exact) mass is 404 g/mol. The van der Waals surface area contributed by atoms with Crippen molar-refractivity contribution in [1.82, 2.24) is 10.6 Å². The molecule has 0 aliphatic heterocycles. The standard InChI is InChI=1S/C24H24N2O4/c1-17(18-8-3-2-4-9-18)26-23(28)16-30-24(29)15-25-22(27)14-20-12-7-11-19-10-5-6-13-21(19)20/h2-13,17H,14-16H2,1H3,(H,25,27)(H,26,28)/t17-/m0/s1. The summed E-state index contributed by atoms with van der Waals surface area (Å²) >= 11 is 0. The summed E-state index contributed by atoms with van der Waals surface area (Å²) in [6, 6.07) is 22.9. The third-order valence-electron chi connectivity index (χ3n) is 4.70. The molecule has 2 N–H and O–H groups in total. The predicted molar refractivity (Wildman–Crippen MR) is 115 cm³/mol. The van der Waals surface area contributed by atoms with Crippen LogP contribution in [0.5, 0.6) is 0 Å². The third kappa shape index (κ3) is 5.91. The van der Waals surface area contributed by atoms with Gasteiger partial charge in [0.2, 0.25) is 5.91 Å². The largest absolute Gasteiger partial charge is 0.454 e. The van der Waals surface area contributed by atoms with Crippen LogP contribution in [0.15, 0.2) is 72.8 Å². The lowest BCUT2D eigenvalue weighted by Gasteiger charge is -2.14. The van der Waals surface area contributed by atoms with E-state index in [0.717, 1.165) is 21.9 Å². The van der Waals surface area contributed by atoms with Gasteiger partial charge in [0.25, 0.3) is 5.91 Å². The second kappa shape index (κ2) is 10.2. The maximum Gasteiger partial charge on any atom is 0.325 e. The van der Waals surface area contributed by atoms with Crippen molar-refractivity contribution in [3.63, 3.8) is 0 Å². The van der Waals surface area contributed by atoms with E-state index in [0.29, 0.717) is 0 Å². The van der Waals surface area contributed by atoms with Gasteiger partial charge >= 0.3 is 5.97 Å². The zero-order valence-corrected chi connectivity index (χ0v) is 16.8. The van der Waals surface area contributed by atoms with Crippen LogP contribution in [0.3, 0.4) is 0 Å². The number of hydrogen-bond donors (Lipinski definition) is 2. The minimum Gasteiger partial charge on any atom is -0.454 e. The molecule has 30 heavy (non-hydrogen) atoms. The smallest absolute Gasteiger partial charge is 0.325 e. The first-order chi connectivity index (χ1) is 14.5. The molecule has 154 valence electrons. The molecular formula is C24H24N2O4. The number of fused-ring (bicyclic) bond motifs is 1. The van der Waals surface area contributed by atoms with E-state index in [2.05, 4.69) is 10.6 Å². The average molecular weight is 404 g/mol. The molecule has 0 bridgehead atoms. The number of ether oxygens (including phenoxy) is 1. The van der Waals surface area contributed by atoms with Gasteiger partial charge in [-0.1, -0.05) is 72.8 Å². The van der Waals surface area contributed by atoms with Gasteiger partial charge in [0.15, 0.2) is 6.61 Å². The molecule has 2 amide bonds. The van der Waals surface area contributed by atoms with Gasteiger partial charge in [0, 0.05) is 0 Å². The van der Waals surface area contributed by atoms with Crippen LogP contribution in [0.4, 0.5) is 0 Å². The highest BCUT2D eigenvalue weighted by molar-refractivity contribution is 5.91. The summed E-state index contributed by atoms with van der Waals surface area (Å²) in [6.45, 7) is 1.17. The summed E-state index contributed by atoms with van der Waals surface area (Å²) in [5.41, 5.74) is 1.84. The van der Waals surface area contributed by atoms with Crippen LogP contribution in [0.2, 0.25) is 0 Å². The van der Waals surface area contributed by atoms with Gasteiger partial charge in [-0.2, -0.15) is 0 Å². The van der Waals surface area contributed by atoms with E-state index in [9.17, 15) is 14.4 Å². The van der Waals surface area contributed by atoms with Crippen molar-refractivity contribution in [2.45, 2.75) is 19.4 Å². The molecule has 0 saturated carbocycles. The summed E-state index contributed by atoms with van der Waals surface area (Å²) in [4.78, 5) is 36.0. The Morgan fingerprint density at radius 1 is 0.867 bits per heavy atom. The molecule has 0 radical (unpaired) electrons. The number of hydrogen-bond acceptors (Lipinski definition) is 4. The summed E-state index contributed by atoms with van der Waals surface area (Å²) in [7, 11) is 0. The second-order valence-corrected chi connectivity index (χ2v) is 6.95. The van der Waals surface area contributed by atoms with Gasteiger partial charge < -0.3 is 15.4 Å². The average Bonchev–Trinajstić information content (AvgIpc) is 2.77. The Hall–Kier alpha value is -3.67. The molecule has 0 saturated heterocycles. The summed E-state index contributed by atoms with van der Waals surface area (Å²) in [5, 5.41) is 7.36. The molecule has 6 nitrogen and oxygen atoms in total. The SMILES string of the molecule is C[C@H](NC(=O)COC(=O)CNC(=O)Cc1cccc2ccccc12)c1ccccc1. The van der Waals surface area contributed by atoms with E-state index >= 15 is 0 Å².